The maximum atomic E-state index is 13.3. The van der Waals surface area contributed by atoms with E-state index in [1.54, 1.807) is 16.0 Å². The minimum atomic E-state index is -0.757. The Morgan fingerprint density at radius 1 is 1.13 bits per heavy atom. The molecule has 2 aromatic rings. The summed E-state index contributed by atoms with van der Waals surface area (Å²) in [7, 11) is 0. The van der Waals surface area contributed by atoms with Crippen molar-refractivity contribution < 1.29 is 14.7 Å². The minimum absolute atomic E-state index is 0.0120. The topological polar surface area (TPSA) is 73.7 Å². The predicted octanol–water partition coefficient (Wildman–Crippen LogP) is 3.18. The van der Waals surface area contributed by atoms with E-state index >= 15 is 0 Å². The predicted molar refractivity (Wildman–Crippen MR) is 116 cm³/mol. The summed E-state index contributed by atoms with van der Waals surface area (Å²) in [4.78, 5) is 34.0. The summed E-state index contributed by atoms with van der Waals surface area (Å²) in [5.41, 5.74) is 1.23. The Morgan fingerprint density at radius 2 is 1.90 bits per heavy atom. The third-order valence-corrected chi connectivity index (χ3v) is 7.05. The van der Waals surface area contributed by atoms with Gasteiger partial charge in [0.05, 0.1) is 6.04 Å². The lowest BCUT2D eigenvalue weighted by atomic mass is 10.1. The molecule has 6 nitrogen and oxygen atoms in total. The summed E-state index contributed by atoms with van der Waals surface area (Å²) in [5, 5.41) is 13.2. The van der Waals surface area contributed by atoms with Gasteiger partial charge in [0, 0.05) is 31.1 Å². The molecule has 0 aliphatic carbocycles. The largest absolute Gasteiger partial charge is 0.384 e. The van der Waals surface area contributed by atoms with Gasteiger partial charge in [0.15, 0.2) is 0 Å². The molecule has 0 radical (unpaired) electrons. The van der Waals surface area contributed by atoms with Crippen LogP contribution in [0.2, 0.25) is 0 Å². The van der Waals surface area contributed by atoms with Gasteiger partial charge in [-0.1, -0.05) is 30.3 Å². The fourth-order valence-corrected chi connectivity index (χ4v) is 5.36. The highest BCUT2D eigenvalue weighted by atomic mass is 32.1. The van der Waals surface area contributed by atoms with E-state index in [1.165, 1.54) is 16.9 Å². The number of aliphatic hydroxyl groups is 1. The summed E-state index contributed by atoms with van der Waals surface area (Å²) < 4.78 is 0. The molecule has 1 aromatic carbocycles. The average molecular weight is 428 g/mol. The van der Waals surface area contributed by atoms with Gasteiger partial charge < -0.3 is 14.9 Å². The zero-order chi connectivity index (χ0) is 20.9. The molecule has 1 aromatic heterocycles. The normalized spacial score (nSPS) is 22.4. The van der Waals surface area contributed by atoms with Crippen LogP contribution in [0.25, 0.3) is 0 Å². The van der Waals surface area contributed by atoms with Gasteiger partial charge in [0.1, 0.15) is 17.2 Å². The van der Waals surface area contributed by atoms with Crippen molar-refractivity contribution in [3.05, 3.63) is 52.5 Å². The van der Waals surface area contributed by atoms with Crippen molar-refractivity contribution in [2.45, 2.75) is 63.1 Å². The zero-order valence-electron chi connectivity index (χ0n) is 17.2. The van der Waals surface area contributed by atoms with Crippen LogP contribution in [0.15, 0.2) is 41.9 Å². The Labute approximate surface area is 181 Å². The van der Waals surface area contributed by atoms with Crippen LogP contribution in [-0.2, 0) is 16.0 Å². The van der Waals surface area contributed by atoms with E-state index in [0.29, 0.717) is 30.9 Å². The third kappa shape index (κ3) is 4.57. The smallest absolute Gasteiger partial charge is 0.245 e. The van der Waals surface area contributed by atoms with Crippen LogP contribution in [-0.4, -0.2) is 56.9 Å². The number of aromatic nitrogens is 1. The van der Waals surface area contributed by atoms with Gasteiger partial charge in [0.25, 0.3) is 0 Å². The number of likely N-dealkylation sites (tertiary alicyclic amines) is 2. The third-order valence-electron chi connectivity index (χ3n) is 6.21. The molecule has 0 spiro atoms. The van der Waals surface area contributed by atoms with E-state index in [9.17, 15) is 14.7 Å². The first-order valence-electron chi connectivity index (χ1n) is 10.9. The van der Waals surface area contributed by atoms with Gasteiger partial charge in [0.2, 0.25) is 11.8 Å². The Morgan fingerprint density at radius 3 is 2.67 bits per heavy atom. The van der Waals surface area contributed by atoms with E-state index in [2.05, 4.69) is 17.1 Å². The monoisotopic (exact) mass is 427 g/mol. The second kappa shape index (κ2) is 9.71. The molecule has 3 heterocycles. The molecule has 2 saturated heterocycles. The highest BCUT2D eigenvalue weighted by Crippen LogP contribution is 2.32. The molecule has 160 valence electrons. The second-order valence-corrected chi connectivity index (χ2v) is 9.07. The van der Waals surface area contributed by atoms with Gasteiger partial charge in [-0.15, -0.1) is 11.3 Å². The molecule has 3 atom stereocenters. The van der Waals surface area contributed by atoms with Gasteiger partial charge in [-0.3, -0.25) is 9.59 Å². The number of carbonyl (C=O) groups excluding carboxylic acids is 2. The molecule has 7 heteroatoms. The number of hydrogen-bond donors (Lipinski definition) is 1. The van der Waals surface area contributed by atoms with Crippen molar-refractivity contribution in [3.8, 4) is 0 Å². The van der Waals surface area contributed by atoms with Gasteiger partial charge in [-0.25, -0.2) is 4.98 Å². The first kappa shape index (κ1) is 21.0. The van der Waals surface area contributed by atoms with Gasteiger partial charge >= 0.3 is 0 Å². The molecule has 0 saturated carbocycles. The molecule has 1 N–H and O–H groups in total. The van der Waals surface area contributed by atoms with Crippen molar-refractivity contribution in [3.63, 3.8) is 0 Å². The van der Waals surface area contributed by atoms with Crippen LogP contribution < -0.4 is 0 Å². The Kier molecular flexibility index (Phi) is 6.79. The van der Waals surface area contributed by atoms with E-state index in [1.807, 2.05) is 23.6 Å². The summed E-state index contributed by atoms with van der Waals surface area (Å²) >= 11 is 1.41. The summed E-state index contributed by atoms with van der Waals surface area (Å²) in [6.07, 6.45) is 6.24. The van der Waals surface area contributed by atoms with E-state index < -0.39 is 12.1 Å². The quantitative estimate of drug-likeness (QED) is 0.737. The van der Waals surface area contributed by atoms with E-state index in [-0.39, 0.29) is 17.9 Å². The maximum absolute atomic E-state index is 13.3. The Hall–Kier alpha value is -2.25. The number of aryl methyl sites for hydroxylation is 1. The lowest BCUT2D eigenvalue weighted by Gasteiger charge is -2.33. The van der Waals surface area contributed by atoms with Crippen LogP contribution in [0.4, 0.5) is 0 Å². The molecule has 4 rings (SSSR count). The molecule has 2 unspecified atom stereocenters. The van der Waals surface area contributed by atoms with Gasteiger partial charge in [-0.2, -0.15) is 0 Å². The number of aliphatic hydroxyl groups excluding tert-OH is 1. The highest BCUT2D eigenvalue weighted by molar-refractivity contribution is 7.09. The van der Waals surface area contributed by atoms with Crippen LogP contribution in [0.1, 0.15) is 55.2 Å². The maximum Gasteiger partial charge on any atom is 0.245 e. The fourth-order valence-electron chi connectivity index (χ4n) is 4.68. The molecule has 2 amide bonds. The van der Waals surface area contributed by atoms with Gasteiger partial charge in [-0.05, 0) is 44.1 Å². The second-order valence-electron chi connectivity index (χ2n) is 8.14. The van der Waals surface area contributed by atoms with Crippen molar-refractivity contribution in [2.75, 3.05) is 13.1 Å². The molecule has 2 aliphatic rings. The van der Waals surface area contributed by atoms with Crippen LogP contribution in [0.5, 0.6) is 0 Å². The number of benzene rings is 1. The SMILES string of the molecule is O=C([C@@H]1CCCN1C(=O)CCCc1ccccc1)N1CCCC1C(O)c1nccs1. The lowest BCUT2D eigenvalue weighted by molar-refractivity contribution is -0.145. The summed E-state index contributed by atoms with van der Waals surface area (Å²) in [6, 6.07) is 9.53. The highest BCUT2D eigenvalue weighted by Gasteiger charge is 2.42. The van der Waals surface area contributed by atoms with E-state index in [0.717, 1.165) is 32.1 Å². The molecular formula is C23H29N3O3S. The minimum Gasteiger partial charge on any atom is -0.384 e. The van der Waals surface area contributed by atoms with Crippen molar-refractivity contribution >= 4 is 23.2 Å². The summed E-state index contributed by atoms with van der Waals surface area (Å²) in [6.45, 7) is 1.28. The lowest BCUT2D eigenvalue weighted by Crippen LogP contribution is -2.50. The first-order valence-corrected chi connectivity index (χ1v) is 11.7. The number of thiazole rings is 1. The average Bonchev–Trinajstić information content (AvgIpc) is 3.55. The number of rotatable bonds is 7. The Balaban J connectivity index is 1.36. The Bertz CT molecular complexity index is 843. The van der Waals surface area contributed by atoms with Crippen LogP contribution in [0.3, 0.4) is 0 Å². The molecule has 2 fully saturated rings. The van der Waals surface area contributed by atoms with Crippen molar-refractivity contribution in [2.24, 2.45) is 0 Å². The molecule has 30 heavy (non-hydrogen) atoms. The van der Waals surface area contributed by atoms with Crippen LogP contribution in [0, 0.1) is 0 Å². The number of nitrogens with zero attached hydrogens (tertiary/aromatic N) is 3. The van der Waals surface area contributed by atoms with Crippen molar-refractivity contribution in [1.82, 2.24) is 14.8 Å². The molecular weight excluding hydrogens is 398 g/mol. The van der Waals surface area contributed by atoms with E-state index in [4.69, 9.17) is 0 Å². The number of amides is 2. The van der Waals surface area contributed by atoms with Crippen molar-refractivity contribution in [1.29, 1.82) is 0 Å². The first-order chi connectivity index (χ1) is 14.6. The molecule has 2 aliphatic heterocycles. The number of hydrogen-bond acceptors (Lipinski definition) is 5. The molecule has 0 bridgehead atoms. The fraction of sp³-hybridized carbons (Fsp3) is 0.522. The number of carbonyl (C=O) groups is 2. The zero-order valence-corrected chi connectivity index (χ0v) is 18.0. The summed E-state index contributed by atoms with van der Waals surface area (Å²) in [5.74, 6) is 0.0556. The van der Waals surface area contributed by atoms with Crippen LogP contribution >= 0.6 is 11.3 Å². The standard InChI is InChI=1S/C23H29N3O3S/c27-20(12-4-9-17-7-2-1-3-8-17)25-14-6-11-19(25)23(29)26-15-5-10-18(26)21(28)22-24-13-16-30-22/h1-3,7-8,13,16,18-19,21,28H,4-6,9-12,14-15H2/t18?,19-,21?/m0/s1.